The number of aliphatic hydroxyl groups excluding tert-OH is 1. The van der Waals surface area contributed by atoms with Crippen molar-refractivity contribution in [2.24, 2.45) is 5.73 Å². The number of nitrogens with two attached hydrogens (primary N) is 1. The number of carbonyl (C=O) groups is 1. The first kappa shape index (κ1) is 16.9. The van der Waals surface area contributed by atoms with Crippen molar-refractivity contribution in [3.8, 4) is 0 Å². The first-order chi connectivity index (χ1) is 10.4. The average molecular weight is 309 g/mol. The molecule has 1 heterocycles. The van der Waals surface area contributed by atoms with E-state index in [4.69, 9.17) is 5.73 Å². The summed E-state index contributed by atoms with van der Waals surface area (Å²) < 4.78 is 13.1. The molecule has 1 fully saturated rings. The number of rotatable bonds is 5. The molecule has 1 amide bonds. The lowest BCUT2D eigenvalue weighted by Crippen LogP contribution is -2.55. The molecule has 0 unspecified atom stereocenters. The van der Waals surface area contributed by atoms with Crippen LogP contribution in [0.3, 0.4) is 0 Å². The van der Waals surface area contributed by atoms with Gasteiger partial charge in [0.15, 0.2) is 0 Å². The van der Waals surface area contributed by atoms with Gasteiger partial charge in [-0.3, -0.25) is 14.6 Å². The summed E-state index contributed by atoms with van der Waals surface area (Å²) in [4.78, 5) is 16.1. The number of nitrogens with zero attached hydrogens (tertiary/aromatic N) is 2. The molecule has 0 spiro atoms. The summed E-state index contributed by atoms with van der Waals surface area (Å²) in [5.41, 5.74) is 6.28. The molecule has 0 radical (unpaired) electrons. The third kappa shape index (κ3) is 4.03. The van der Waals surface area contributed by atoms with Gasteiger partial charge in [0.1, 0.15) is 11.9 Å². The van der Waals surface area contributed by atoms with Crippen LogP contribution < -0.4 is 5.73 Å². The van der Waals surface area contributed by atoms with Crippen LogP contribution in [0.25, 0.3) is 0 Å². The van der Waals surface area contributed by atoms with Crippen LogP contribution in [0.1, 0.15) is 25.5 Å². The van der Waals surface area contributed by atoms with Crippen molar-refractivity contribution < 1.29 is 14.3 Å². The minimum Gasteiger partial charge on any atom is -0.392 e. The molecule has 122 valence electrons. The second-order valence-electron chi connectivity index (χ2n) is 6.04. The molecule has 0 aromatic heterocycles. The highest BCUT2D eigenvalue weighted by Crippen LogP contribution is 2.24. The molecule has 6 heteroatoms. The molecule has 1 aliphatic rings. The molecule has 2 rings (SSSR count). The summed E-state index contributed by atoms with van der Waals surface area (Å²) >= 11 is 0. The number of halogens is 1. The van der Waals surface area contributed by atoms with Gasteiger partial charge in [-0.15, -0.1) is 0 Å². The summed E-state index contributed by atoms with van der Waals surface area (Å²) in [6.45, 7) is 6.57. The Morgan fingerprint density at radius 2 is 2.05 bits per heavy atom. The van der Waals surface area contributed by atoms with E-state index in [1.165, 1.54) is 12.1 Å². The fourth-order valence-electron chi connectivity index (χ4n) is 3.07. The maximum absolute atomic E-state index is 13.1. The molecule has 0 aliphatic carbocycles. The number of β-amino-alcohol motifs (C(OH)–C–C–N with tert-alkyl or cyclic N) is 1. The van der Waals surface area contributed by atoms with Gasteiger partial charge in [0, 0.05) is 32.2 Å². The summed E-state index contributed by atoms with van der Waals surface area (Å²) in [5, 5.41) is 9.52. The zero-order chi connectivity index (χ0) is 16.3. The molecule has 22 heavy (non-hydrogen) atoms. The van der Waals surface area contributed by atoms with E-state index in [9.17, 15) is 14.3 Å². The smallest absolute Gasteiger partial charge is 0.239 e. The third-order valence-electron chi connectivity index (χ3n) is 4.12. The van der Waals surface area contributed by atoms with Crippen molar-refractivity contribution >= 4 is 5.91 Å². The molecule has 3 N–H and O–H groups in total. The summed E-state index contributed by atoms with van der Waals surface area (Å²) in [6, 6.07) is 5.58. The third-order valence-corrected chi connectivity index (χ3v) is 4.12. The van der Waals surface area contributed by atoms with Crippen LogP contribution in [0, 0.1) is 5.82 Å². The number of hydrogen-bond acceptors (Lipinski definition) is 4. The Balaban J connectivity index is 2.11. The van der Waals surface area contributed by atoms with Gasteiger partial charge in [-0.05, 0) is 31.5 Å². The van der Waals surface area contributed by atoms with Gasteiger partial charge >= 0.3 is 0 Å². The number of primary amides is 1. The Morgan fingerprint density at radius 1 is 1.41 bits per heavy atom. The maximum atomic E-state index is 13.1. The molecule has 5 nitrogen and oxygen atoms in total. The van der Waals surface area contributed by atoms with Crippen LogP contribution in [0.4, 0.5) is 4.39 Å². The Bertz CT molecular complexity index is 507. The fourth-order valence-corrected chi connectivity index (χ4v) is 3.07. The monoisotopic (exact) mass is 309 g/mol. The van der Waals surface area contributed by atoms with Crippen molar-refractivity contribution in [3.05, 3.63) is 35.6 Å². The normalized spacial score (nSPS) is 23.2. The highest BCUT2D eigenvalue weighted by molar-refractivity contribution is 5.81. The zero-order valence-electron chi connectivity index (χ0n) is 13.1. The number of benzene rings is 1. The number of carbonyl (C=O) groups excluding carboxylic acids is 1. The quantitative estimate of drug-likeness (QED) is 0.842. The van der Waals surface area contributed by atoms with E-state index in [0.717, 1.165) is 6.54 Å². The van der Waals surface area contributed by atoms with Crippen molar-refractivity contribution in [1.82, 2.24) is 9.80 Å². The van der Waals surface area contributed by atoms with Gasteiger partial charge in [-0.1, -0.05) is 12.1 Å². The predicted molar refractivity (Wildman–Crippen MR) is 82.6 cm³/mol. The highest BCUT2D eigenvalue weighted by Gasteiger charge is 2.32. The Morgan fingerprint density at radius 3 is 2.55 bits per heavy atom. The maximum Gasteiger partial charge on any atom is 0.239 e. The van der Waals surface area contributed by atoms with E-state index >= 15 is 0 Å². The summed E-state index contributed by atoms with van der Waals surface area (Å²) in [5.74, 6) is -0.759. The lowest BCUT2D eigenvalue weighted by molar-refractivity contribution is -0.124. The molecular weight excluding hydrogens is 285 g/mol. The second-order valence-corrected chi connectivity index (χ2v) is 6.04. The van der Waals surface area contributed by atoms with Crippen molar-refractivity contribution in [1.29, 1.82) is 0 Å². The minimum absolute atomic E-state index is 0.214. The average Bonchev–Trinajstić information content (AvgIpc) is 2.43. The standard InChI is InChI=1S/C16H24FN3O2/c1-11-9-20(8-7-19(11)10-12(2)21)15(16(18)22)13-3-5-14(17)6-4-13/h3-6,11-12,15,21H,7-10H2,1-2H3,(H2,18,22)/t11-,12+,15-/m1/s1. The lowest BCUT2D eigenvalue weighted by Gasteiger charge is -2.42. The van der Waals surface area contributed by atoms with Gasteiger partial charge in [0.25, 0.3) is 0 Å². The van der Waals surface area contributed by atoms with E-state index < -0.39 is 11.9 Å². The van der Waals surface area contributed by atoms with E-state index in [0.29, 0.717) is 25.2 Å². The predicted octanol–water partition coefficient (Wildman–Crippen LogP) is 0.739. The highest BCUT2D eigenvalue weighted by atomic mass is 19.1. The molecule has 1 saturated heterocycles. The second kappa shape index (κ2) is 7.17. The minimum atomic E-state index is -0.545. The van der Waals surface area contributed by atoms with Crippen LogP contribution in [0.2, 0.25) is 0 Å². The molecular formula is C16H24FN3O2. The van der Waals surface area contributed by atoms with Gasteiger partial charge in [0.05, 0.1) is 6.10 Å². The van der Waals surface area contributed by atoms with Gasteiger partial charge in [0.2, 0.25) is 5.91 Å². The molecule has 1 aliphatic heterocycles. The summed E-state index contributed by atoms with van der Waals surface area (Å²) in [7, 11) is 0. The summed E-state index contributed by atoms with van der Waals surface area (Å²) in [6.07, 6.45) is -0.377. The molecule has 0 saturated carbocycles. The fraction of sp³-hybridized carbons (Fsp3) is 0.562. The van der Waals surface area contributed by atoms with Crippen LogP contribution >= 0.6 is 0 Å². The lowest BCUT2D eigenvalue weighted by atomic mass is 10.0. The topological polar surface area (TPSA) is 69.8 Å². The van der Waals surface area contributed by atoms with E-state index in [-0.39, 0.29) is 18.0 Å². The molecule has 0 bridgehead atoms. The first-order valence-corrected chi connectivity index (χ1v) is 7.59. The van der Waals surface area contributed by atoms with Crippen LogP contribution in [0.5, 0.6) is 0 Å². The Kier molecular flexibility index (Phi) is 5.50. The van der Waals surface area contributed by atoms with Gasteiger partial charge in [-0.2, -0.15) is 0 Å². The Hall–Kier alpha value is -1.50. The van der Waals surface area contributed by atoms with Crippen LogP contribution in [-0.2, 0) is 4.79 Å². The van der Waals surface area contributed by atoms with E-state index in [2.05, 4.69) is 11.8 Å². The number of amides is 1. The molecule has 1 aromatic carbocycles. The first-order valence-electron chi connectivity index (χ1n) is 7.59. The van der Waals surface area contributed by atoms with Crippen LogP contribution in [-0.4, -0.2) is 59.1 Å². The zero-order valence-corrected chi connectivity index (χ0v) is 13.1. The largest absolute Gasteiger partial charge is 0.392 e. The van der Waals surface area contributed by atoms with Crippen molar-refractivity contribution in [3.63, 3.8) is 0 Å². The molecule has 1 aromatic rings. The number of aliphatic hydroxyl groups is 1. The SMILES string of the molecule is C[C@H](O)CN1CCN([C@@H](C(N)=O)c2ccc(F)cc2)C[C@H]1C. The van der Waals surface area contributed by atoms with E-state index in [1.807, 2.05) is 4.90 Å². The van der Waals surface area contributed by atoms with Gasteiger partial charge in [-0.25, -0.2) is 4.39 Å². The Labute approximate surface area is 130 Å². The van der Waals surface area contributed by atoms with Crippen molar-refractivity contribution in [2.75, 3.05) is 26.2 Å². The van der Waals surface area contributed by atoms with Crippen LogP contribution in [0.15, 0.2) is 24.3 Å². The van der Waals surface area contributed by atoms with Crippen molar-refractivity contribution in [2.45, 2.75) is 32.0 Å². The number of piperazine rings is 1. The number of hydrogen-bond donors (Lipinski definition) is 2. The van der Waals surface area contributed by atoms with Gasteiger partial charge < -0.3 is 10.8 Å². The molecule has 3 atom stereocenters. The van der Waals surface area contributed by atoms with E-state index in [1.54, 1.807) is 19.1 Å².